The SMILES string of the molecule is CC(C)(C)c1ncsc1C(=O)Nc1cc(CN)cc(C(F)(F)F)c1. The average molecular weight is 357 g/mol. The second kappa shape index (κ2) is 6.52. The van der Waals surface area contributed by atoms with Gasteiger partial charge in [-0.25, -0.2) is 4.98 Å². The van der Waals surface area contributed by atoms with Crippen molar-refractivity contribution in [3.05, 3.63) is 45.4 Å². The van der Waals surface area contributed by atoms with Crippen LogP contribution in [0, 0.1) is 0 Å². The van der Waals surface area contributed by atoms with Gasteiger partial charge in [-0.3, -0.25) is 4.79 Å². The topological polar surface area (TPSA) is 68.0 Å². The Morgan fingerprint density at radius 1 is 1.25 bits per heavy atom. The molecule has 0 aliphatic rings. The van der Waals surface area contributed by atoms with Gasteiger partial charge in [-0.1, -0.05) is 20.8 Å². The molecular formula is C16H18F3N3OS. The zero-order valence-corrected chi connectivity index (χ0v) is 14.3. The van der Waals surface area contributed by atoms with Crippen molar-refractivity contribution < 1.29 is 18.0 Å². The third kappa shape index (κ3) is 4.12. The molecule has 2 aromatic rings. The van der Waals surface area contributed by atoms with Crippen LogP contribution in [0.1, 0.15) is 47.3 Å². The molecule has 1 amide bonds. The zero-order chi connectivity index (χ0) is 18.1. The van der Waals surface area contributed by atoms with E-state index in [2.05, 4.69) is 10.3 Å². The van der Waals surface area contributed by atoms with Gasteiger partial charge >= 0.3 is 6.18 Å². The van der Waals surface area contributed by atoms with Crippen LogP contribution in [-0.4, -0.2) is 10.9 Å². The highest BCUT2D eigenvalue weighted by molar-refractivity contribution is 7.12. The van der Waals surface area contributed by atoms with E-state index in [1.807, 2.05) is 20.8 Å². The quantitative estimate of drug-likeness (QED) is 0.866. The molecule has 130 valence electrons. The van der Waals surface area contributed by atoms with E-state index in [0.29, 0.717) is 16.1 Å². The lowest BCUT2D eigenvalue weighted by atomic mass is 9.91. The third-order valence-electron chi connectivity index (χ3n) is 3.30. The van der Waals surface area contributed by atoms with Gasteiger partial charge in [0, 0.05) is 17.6 Å². The maximum absolute atomic E-state index is 13.0. The molecule has 1 aromatic heterocycles. The fourth-order valence-electron chi connectivity index (χ4n) is 2.18. The highest BCUT2D eigenvalue weighted by Gasteiger charge is 2.31. The summed E-state index contributed by atoms with van der Waals surface area (Å²) in [4.78, 5) is 17.0. The molecule has 3 N–H and O–H groups in total. The van der Waals surface area contributed by atoms with Crippen molar-refractivity contribution in [3.8, 4) is 0 Å². The maximum Gasteiger partial charge on any atom is 0.416 e. The Labute approximate surface area is 141 Å². The van der Waals surface area contributed by atoms with Crippen molar-refractivity contribution in [1.82, 2.24) is 4.98 Å². The predicted octanol–water partition coefficient (Wildman–Crippen LogP) is 4.17. The Kier molecular flexibility index (Phi) is 5.00. The fraction of sp³-hybridized carbons (Fsp3) is 0.375. The van der Waals surface area contributed by atoms with Crippen molar-refractivity contribution in [2.45, 2.75) is 38.9 Å². The molecule has 24 heavy (non-hydrogen) atoms. The number of alkyl halides is 3. The first-order chi connectivity index (χ1) is 11.0. The number of carbonyl (C=O) groups is 1. The predicted molar refractivity (Wildman–Crippen MR) is 88.1 cm³/mol. The van der Waals surface area contributed by atoms with Crippen LogP contribution in [0.5, 0.6) is 0 Å². The first-order valence-electron chi connectivity index (χ1n) is 7.19. The number of nitrogens with zero attached hydrogens (tertiary/aromatic N) is 1. The number of hydrogen-bond acceptors (Lipinski definition) is 4. The summed E-state index contributed by atoms with van der Waals surface area (Å²) in [5.41, 5.74) is 6.77. The van der Waals surface area contributed by atoms with Crippen LogP contribution in [0.25, 0.3) is 0 Å². The summed E-state index contributed by atoms with van der Waals surface area (Å²) in [6, 6.07) is 3.31. The summed E-state index contributed by atoms with van der Waals surface area (Å²) < 4.78 is 38.9. The molecule has 4 nitrogen and oxygen atoms in total. The van der Waals surface area contributed by atoms with E-state index in [-0.39, 0.29) is 17.6 Å². The van der Waals surface area contributed by atoms with Gasteiger partial charge in [-0.05, 0) is 23.8 Å². The van der Waals surface area contributed by atoms with E-state index in [0.717, 1.165) is 23.5 Å². The average Bonchev–Trinajstić information content (AvgIpc) is 2.95. The molecule has 0 spiro atoms. The molecule has 0 radical (unpaired) electrons. The highest BCUT2D eigenvalue weighted by Crippen LogP contribution is 2.33. The van der Waals surface area contributed by atoms with Crippen LogP contribution < -0.4 is 11.1 Å². The van der Waals surface area contributed by atoms with Crippen molar-refractivity contribution in [2.75, 3.05) is 5.32 Å². The van der Waals surface area contributed by atoms with Gasteiger partial charge in [0.2, 0.25) is 0 Å². The molecule has 1 heterocycles. The number of carbonyl (C=O) groups excluding carboxylic acids is 1. The van der Waals surface area contributed by atoms with E-state index in [4.69, 9.17) is 5.73 Å². The van der Waals surface area contributed by atoms with Gasteiger partial charge in [-0.15, -0.1) is 11.3 Å². The fourth-order valence-corrected chi connectivity index (χ4v) is 3.07. The molecule has 0 aliphatic heterocycles. The standard InChI is InChI=1S/C16H18F3N3OS/c1-15(2,3)13-12(24-8-21-13)14(23)22-11-5-9(7-20)4-10(6-11)16(17,18)19/h4-6,8H,7,20H2,1-3H3,(H,22,23). The summed E-state index contributed by atoms with van der Waals surface area (Å²) in [6.07, 6.45) is -4.51. The molecule has 0 aliphatic carbocycles. The van der Waals surface area contributed by atoms with Gasteiger partial charge in [0.25, 0.3) is 5.91 Å². The highest BCUT2D eigenvalue weighted by atomic mass is 32.1. The zero-order valence-electron chi connectivity index (χ0n) is 13.5. The number of amides is 1. The van der Waals surface area contributed by atoms with Gasteiger partial charge in [-0.2, -0.15) is 13.2 Å². The molecule has 0 atom stereocenters. The van der Waals surface area contributed by atoms with Crippen LogP contribution >= 0.6 is 11.3 Å². The molecule has 0 unspecified atom stereocenters. The summed E-state index contributed by atoms with van der Waals surface area (Å²) in [5, 5.41) is 2.52. The monoisotopic (exact) mass is 357 g/mol. The lowest BCUT2D eigenvalue weighted by Gasteiger charge is -2.17. The Bertz CT molecular complexity index is 748. The number of nitrogens with two attached hydrogens (primary N) is 1. The van der Waals surface area contributed by atoms with E-state index in [1.54, 1.807) is 5.51 Å². The number of nitrogens with one attached hydrogen (secondary N) is 1. The Morgan fingerprint density at radius 2 is 1.92 bits per heavy atom. The lowest BCUT2D eigenvalue weighted by molar-refractivity contribution is -0.137. The van der Waals surface area contributed by atoms with Crippen LogP contribution in [-0.2, 0) is 18.1 Å². The number of hydrogen-bond donors (Lipinski definition) is 2. The van der Waals surface area contributed by atoms with Gasteiger partial charge < -0.3 is 11.1 Å². The van der Waals surface area contributed by atoms with Crippen LogP contribution in [0.2, 0.25) is 0 Å². The van der Waals surface area contributed by atoms with E-state index >= 15 is 0 Å². The Balaban J connectivity index is 2.35. The van der Waals surface area contributed by atoms with Crippen molar-refractivity contribution in [1.29, 1.82) is 0 Å². The third-order valence-corrected chi connectivity index (χ3v) is 4.12. The first-order valence-corrected chi connectivity index (χ1v) is 8.07. The summed E-state index contributed by atoms with van der Waals surface area (Å²) >= 11 is 1.15. The van der Waals surface area contributed by atoms with Crippen molar-refractivity contribution in [3.63, 3.8) is 0 Å². The summed E-state index contributed by atoms with van der Waals surface area (Å²) in [5.74, 6) is -0.482. The van der Waals surface area contributed by atoms with Crippen molar-refractivity contribution >= 4 is 22.9 Å². The summed E-state index contributed by atoms with van der Waals surface area (Å²) in [6.45, 7) is 5.68. The largest absolute Gasteiger partial charge is 0.416 e. The molecule has 0 saturated carbocycles. The number of aromatic nitrogens is 1. The molecule has 0 fully saturated rings. The molecular weight excluding hydrogens is 339 g/mol. The molecule has 0 saturated heterocycles. The second-order valence-corrected chi connectivity index (χ2v) is 7.21. The minimum absolute atomic E-state index is 0.0550. The number of rotatable bonds is 3. The Hall–Kier alpha value is -1.93. The van der Waals surface area contributed by atoms with Crippen molar-refractivity contribution in [2.24, 2.45) is 5.73 Å². The van der Waals surface area contributed by atoms with Crippen LogP contribution in [0.15, 0.2) is 23.7 Å². The van der Waals surface area contributed by atoms with Gasteiger partial charge in [0.05, 0.1) is 16.8 Å². The summed E-state index contributed by atoms with van der Waals surface area (Å²) in [7, 11) is 0. The van der Waals surface area contributed by atoms with E-state index < -0.39 is 17.6 Å². The second-order valence-electron chi connectivity index (χ2n) is 6.35. The minimum atomic E-state index is -4.51. The molecule has 2 rings (SSSR count). The van der Waals surface area contributed by atoms with Gasteiger partial charge in [0.15, 0.2) is 0 Å². The smallest absolute Gasteiger partial charge is 0.326 e. The minimum Gasteiger partial charge on any atom is -0.326 e. The maximum atomic E-state index is 13.0. The normalized spacial score (nSPS) is 12.3. The van der Waals surface area contributed by atoms with E-state index in [9.17, 15) is 18.0 Å². The van der Waals surface area contributed by atoms with E-state index in [1.165, 1.54) is 6.07 Å². The molecule has 0 bridgehead atoms. The Morgan fingerprint density at radius 3 is 2.46 bits per heavy atom. The van der Waals surface area contributed by atoms with Crippen LogP contribution in [0.4, 0.5) is 18.9 Å². The number of benzene rings is 1. The molecule has 8 heteroatoms. The number of thiazole rings is 1. The first kappa shape index (κ1) is 18.4. The lowest BCUT2D eigenvalue weighted by Crippen LogP contribution is -2.20. The van der Waals surface area contributed by atoms with Crippen LogP contribution in [0.3, 0.4) is 0 Å². The number of halogens is 3. The molecule has 1 aromatic carbocycles. The number of anilines is 1. The van der Waals surface area contributed by atoms with Gasteiger partial charge in [0.1, 0.15) is 4.88 Å².